The van der Waals surface area contributed by atoms with Crippen LogP contribution in [-0.2, 0) is 10.0 Å². The van der Waals surface area contributed by atoms with Crippen molar-refractivity contribution in [2.45, 2.75) is 30.3 Å². The predicted molar refractivity (Wildman–Crippen MR) is 62.9 cm³/mol. The molecule has 0 aromatic carbocycles. The van der Waals surface area contributed by atoms with Crippen molar-refractivity contribution in [1.29, 1.82) is 0 Å². The highest BCUT2D eigenvalue weighted by atomic mass is 32.2. The molecule has 17 heavy (non-hydrogen) atoms. The molecule has 1 saturated heterocycles. The topological polar surface area (TPSA) is 70.5 Å². The maximum absolute atomic E-state index is 12.3. The van der Waals surface area contributed by atoms with Crippen molar-refractivity contribution in [2.75, 3.05) is 13.2 Å². The van der Waals surface area contributed by atoms with Crippen molar-refractivity contribution in [1.82, 2.24) is 9.29 Å². The van der Waals surface area contributed by atoms with E-state index in [2.05, 4.69) is 4.98 Å². The van der Waals surface area contributed by atoms with Crippen molar-refractivity contribution in [3.8, 4) is 0 Å². The standard InChI is InChI=1S/C11H16N2O3S/c14-9-10-5-2-4-8-13(10)17(15,16)11-6-1-3-7-12-11/h1,3,6-7,10,14H,2,4-5,8-9H2/t10-/m0/s1. The summed E-state index contributed by atoms with van der Waals surface area (Å²) in [7, 11) is -3.56. The second-order valence-corrected chi connectivity index (χ2v) is 5.95. The zero-order valence-electron chi connectivity index (χ0n) is 9.49. The molecule has 94 valence electrons. The Morgan fingerprint density at radius 3 is 2.88 bits per heavy atom. The fourth-order valence-electron chi connectivity index (χ4n) is 2.09. The Bertz CT molecular complexity index is 461. The van der Waals surface area contributed by atoms with Crippen LogP contribution in [0.3, 0.4) is 0 Å². The average Bonchev–Trinajstić information content (AvgIpc) is 2.39. The Kier molecular flexibility index (Phi) is 3.76. The minimum Gasteiger partial charge on any atom is -0.395 e. The number of aliphatic hydroxyl groups is 1. The normalized spacial score (nSPS) is 22.5. The van der Waals surface area contributed by atoms with Crippen LogP contribution in [0.1, 0.15) is 19.3 Å². The van der Waals surface area contributed by atoms with Gasteiger partial charge in [0.05, 0.1) is 6.61 Å². The molecule has 0 spiro atoms. The monoisotopic (exact) mass is 256 g/mol. The molecule has 2 rings (SSSR count). The molecule has 1 atom stereocenters. The predicted octanol–water partition coefficient (Wildman–Crippen LogP) is 0.617. The minimum absolute atomic E-state index is 0.0559. The molecule has 1 aromatic rings. The third-order valence-electron chi connectivity index (χ3n) is 2.99. The van der Waals surface area contributed by atoms with Crippen LogP contribution in [0, 0.1) is 0 Å². The SMILES string of the molecule is O=S(=O)(c1ccccn1)N1CCCC[C@H]1CO. The van der Waals surface area contributed by atoms with E-state index in [1.807, 2.05) is 0 Å². The lowest BCUT2D eigenvalue weighted by atomic mass is 10.1. The van der Waals surface area contributed by atoms with Gasteiger partial charge in [-0.05, 0) is 25.0 Å². The summed E-state index contributed by atoms with van der Waals surface area (Å²) in [6.45, 7) is 0.330. The molecule has 0 bridgehead atoms. The van der Waals surface area contributed by atoms with Crippen LogP contribution in [0.5, 0.6) is 0 Å². The van der Waals surface area contributed by atoms with Crippen LogP contribution in [-0.4, -0.2) is 42.0 Å². The molecule has 6 heteroatoms. The van der Waals surface area contributed by atoms with Crippen LogP contribution >= 0.6 is 0 Å². The number of nitrogens with zero attached hydrogens (tertiary/aromatic N) is 2. The molecule has 0 aliphatic carbocycles. The van der Waals surface area contributed by atoms with E-state index in [1.54, 1.807) is 12.1 Å². The first-order chi connectivity index (χ1) is 8.16. The Labute approximate surface area is 101 Å². The molecule has 1 fully saturated rings. The number of sulfonamides is 1. The lowest BCUT2D eigenvalue weighted by molar-refractivity contribution is 0.155. The van der Waals surface area contributed by atoms with E-state index < -0.39 is 10.0 Å². The van der Waals surface area contributed by atoms with Crippen LogP contribution in [0.2, 0.25) is 0 Å². The van der Waals surface area contributed by atoms with Gasteiger partial charge in [-0.3, -0.25) is 0 Å². The molecule has 0 saturated carbocycles. The fourth-order valence-corrected chi connectivity index (χ4v) is 3.71. The fraction of sp³-hybridized carbons (Fsp3) is 0.545. The van der Waals surface area contributed by atoms with E-state index in [0.29, 0.717) is 13.0 Å². The van der Waals surface area contributed by atoms with Gasteiger partial charge in [-0.1, -0.05) is 12.5 Å². The van der Waals surface area contributed by atoms with Crippen LogP contribution in [0.15, 0.2) is 29.4 Å². The maximum atomic E-state index is 12.3. The first-order valence-corrected chi connectivity index (χ1v) is 7.14. The molecule has 1 aromatic heterocycles. The smallest absolute Gasteiger partial charge is 0.260 e. The van der Waals surface area contributed by atoms with Gasteiger partial charge in [0.1, 0.15) is 0 Å². The summed E-state index contributed by atoms with van der Waals surface area (Å²) in [6.07, 6.45) is 3.97. The number of rotatable bonds is 3. The van der Waals surface area contributed by atoms with Crippen molar-refractivity contribution in [2.24, 2.45) is 0 Å². The van der Waals surface area contributed by atoms with Gasteiger partial charge < -0.3 is 5.11 Å². The summed E-state index contributed by atoms with van der Waals surface area (Å²) in [4.78, 5) is 3.88. The lowest BCUT2D eigenvalue weighted by Gasteiger charge is -2.33. The number of piperidine rings is 1. The third kappa shape index (κ3) is 2.48. The van der Waals surface area contributed by atoms with Gasteiger partial charge in [0.25, 0.3) is 10.0 Å². The molecule has 5 nitrogen and oxygen atoms in total. The first kappa shape index (κ1) is 12.5. The Balaban J connectivity index is 2.31. The Morgan fingerprint density at radius 1 is 1.41 bits per heavy atom. The molecular weight excluding hydrogens is 240 g/mol. The van der Waals surface area contributed by atoms with Crippen LogP contribution in [0.4, 0.5) is 0 Å². The van der Waals surface area contributed by atoms with Gasteiger partial charge in [-0.15, -0.1) is 0 Å². The molecule has 1 aliphatic heterocycles. The Hall–Kier alpha value is -0.980. The molecule has 0 amide bonds. The highest BCUT2D eigenvalue weighted by Crippen LogP contribution is 2.23. The zero-order chi connectivity index (χ0) is 12.3. The van der Waals surface area contributed by atoms with E-state index in [0.717, 1.165) is 12.8 Å². The zero-order valence-corrected chi connectivity index (χ0v) is 10.3. The van der Waals surface area contributed by atoms with Gasteiger partial charge in [-0.25, -0.2) is 13.4 Å². The highest BCUT2D eigenvalue weighted by molar-refractivity contribution is 7.89. The lowest BCUT2D eigenvalue weighted by Crippen LogP contribution is -2.45. The summed E-state index contributed by atoms with van der Waals surface area (Å²) in [6, 6.07) is 4.50. The van der Waals surface area contributed by atoms with Crippen LogP contribution < -0.4 is 0 Å². The van der Waals surface area contributed by atoms with Crippen molar-refractivity contribution in [3.05, 3.63) is 24.4 Å². The summed E-state index contributed by atoms with van der Waals surface area (Å²) in [5, 5.41) is 9.30. The quantitative estimate of drug-likeness (QED) is 0.860. The molecule has 2 heterocycles. The molecule has 0 radical (unpaired) electrons. The van der Waals surface area contributed by atoms with E-state index in [4.69, 9.17) is 0 Å². The van der Waals surface area contributed by atoms with E-state index in [9.17, 15) is 13.5 Å². The van der Waals surface area contributed by atoms with E-state index >= 15 is 0 Å². The van der Waals surface area contributed by atoms with Gasteiger partial charge in [-0.2, -0.15) is 4.31 Å². The Morgan fingerprint density at radius 2 is 2.24 bits per heavy atom. The largest absolute Gasteiger partial charge is 0.395 e. The average molecular weight is 256 g/mol. The van der Waals surface area contributed by atoms with Crippen LogP contribution in [0.25, 0.3) is 0 Å². The third-order valence-corrected chi connectivity index (χ3v) is 4.86. The number of aromatic nitrogens is 1. The van der Waals surface area contributed by atoms with Gasteiger partial charge >= 0.3 is 0 Å². The first-order valence-electron chi connectivity index (χ1n) is 5.70. The number of pyridine rings is 1. The summed E-state index contributed by atoms with van der Waals surface area (Å²) in [5.74, 6) is 0. The number of hydrogen-bond donors (Lipinski definition) is 1. The molecule has 1 N–H and O–H groups in total. The molecule has 0 unspecified atom stereocenters. The summed E-state index contributed by atoms with van der Waals surface area (Å²) in [5.41, 5.74) is 0. The summed E-state index contributed by atoms with van der Waals surface area (Å²) >= 11 is 0. The summed E-state index contributed by atoms with van der Waals surface area (Å²) < 4.78 is 26.0. The number of hydrogen-bond acceptors (Lipinski definition) is 4. The molecule has 1 aliphatic rings. The number of aliphatic hydroxyl groups excluding tert-OH is 1. The van der Waals surface area contributed by atoms with Crippen molar-refractivity contribution >= 4 is 10.0 Å². The van der Waals surface area contributed by atoms with E-state index in [1.165, 1.54) is 16.6 Å². The second-order valence-electron chi connectivity index (χ2n) is 4.12. The van der Waals surface area contributed by atoms with Crippen molar-refractivity contribution in [3.63, 3.8) is 0 Å². The molecular formula is C11H16N2O3S. The highest BCUT2D eigenvalue weighted by Gasteiger charge is 2.33. The van der Waals surface area contributed by atoms with Gasteiger partial charge in [0.2, 0.25) is 0 Å². The minimum atomic E-state index is -3.56. The van der Waals surface area contributed by atoms with Gasteiger partial charge in [0, 0.05) is 18.8 Å². The second kappa shape index (κ2) is 5.12. The van der Waals surface area contributed by atoms with Crippen molar-refractivity contribution < 1.29 is 13.5 Å². The van der Waals surface area contributed by atoms with E-state index in [-0.39, 0.29) is 17.7 Å². The van der Waals surface area contributed by atoms with Gasteiger partial charge in [0.15, 0.2) is 5.03 Å². The maximum Gasteiger partial charge on any atom is 0.260 e.